The zero-order valence-electron chi connectivity index (χ0n) is 18.1. The number of carbonyl (C=O) groups excluding carboxylic acids is 1. The fourth-order valence-corrected chi connectivity index (χ4v) is 3.28. The Morgan fingerprint density at radius 2 is 1.97 bits per heavy atom. The van der Waals surface area contributed by atoms with Crippen molar-refractivity contribution in [1.29, 1.82) is 0 Å². The zero-order chi connectivity index (χ0) is 22.6. The highest BCUT2D eigenvalue weighted by Gasteiger charge is 2.33. The number of anilines is 1. The van der Waals surface area contributed by atoms with E-state index in [1.807, 2.05) is 13.8 Å². The van der Waals surface area contributed by atoms with E-state index >= 15 is 0 Å². The standard InChI is InChI=1S/C21H28FN7O2/c1-5-21(31,6-2)17(22)11-25-20(30)15-10-24-18(7-16(15)28-13(3)4)29-19-14(9-27-29)8-23-12-26-19/h7-10,12-13,17,31H,5-6,11H2,1-4H3,(H,24,28)(H,25,30)/t17-/m1/s1. The smallest absolute Gasteiger partial charge is 0.255 e. The second-order valence-electron chi connectivity index (χ2n) is 7.73. The van der Waals surface area contributed by atoms with E-state index in [1.165, 1.54) is 12.5 Å². The van der Waals surface area contributed by atoms with E-state index in [2.05, 4.69) is 30.7 Å². The third kappa shape index (κ3) is 4.79. The van der Waals surface area contributed by atoms with Crippen LogP contribution < -0.4 is 10.6 Å². The Morgan fingerprint density at radius 3 is 2.65 bits per heavy atom. The van der Waals surface area contributed by atoms with Crippen LogP contribution in [0.1, 0.15) is 50.9 Å². The third-order valence-corrected chi connectivity index (χ3v) is 5.28. The molecule has 0 unspecified atom stereocenters. The summed E-state index contributed by atoms with van der Waals surface area (Å²) in [6, 6.07) is 1.74. The van der Waals surface area contributed by atoms with Crippen molar-refractivity contribution in [2.24, 2.45) is 0 Å². The summed E-state index contributed by atoms with van der Waals surface area (Å²) in [6.07, 6.45) is 5.09. The van der Waals surface area contributed by atoms with E-state index in [0.29, 0.717) is 17.2 Å². The van der Waals surface area contributed by atoms with Gasteiger partial charge in [-0.3, -0.25) is 4.79 Å². The van der Waals surface area contributed by atoms with Gasteiger partial charge in [0, 0.05) is 24.5 Å². The highest BCUT2D eigenvalue weighted by molar-refractivity contribution is 5.99. The number of pyridine rings is 1. The Bertz CT molecular complexity index is 1050. The fraction of sp³-hybridized carbons (Fsp3) is 0.476. The van der Waals surface area contributed by atoms with Crippen LogP contribution in [0, 0.1) is 0 Å². The van der Waals surface area contributed by atoms with Gasteiger partial charge >= 0.3 is 0 Å². The van der Waals surface area contributed by atoms with Crippen LogP contribution in [0.3, 0.4) is 0 Å². The molecule has 3 rings (SSSR count). The first-order valence-corrected chi connectivity index (χ1v) is 10.3. The average molecular weight is 430 g/mol. The second-order valence-corrected chi connectivity index (χ2v) is 7.73. The lowest BCUT2D eigenvalue weighted by atomic mass is 9.91. The van der Waals surface area contributed by atoms with Crippen LogP contribution in [0.25, 0.3) is 16.9 Å². The van der Waals surface area contributed by atoms with Crippen molar-refractivity contribution < 1.29 is 14.3 Å². The molecular weight excluding hydrogens is 401 g/mol. The maximum atomic E-state index is 14.5. The topological polar surface area (TPSA) is 118 Å². The van der Waals surface area contributed by atoms with Gasteiger partial charge in [0.05, 0.1) is 35.0 Å². The predicted molar refractivity (Wildman–Crippen MR) is 116 cm³/mol. The molecule has 0 aliphatic carbocycles. The molecule has 0 aliphatic rings. The van der Waals surface area contributed by atoms with E-state index in [4.69, 9.17) is 0 Å². The third-order valence-electron chi connectivity index (χ3n) is 5.28. The van der Waals surface area contributed by atoms with Crippen LogP contribution in [0.2, 0.25) is 0 Å². The molecule has 1 atom stereocenters. The highest BCUT2D eigenvalue weighted by Crippen LogP contribution is 2.23. The first kappa shape index (κ1) is 22.5. The van der Waals surface area contributed by atoms with Crippen molar-refractivity contribution in [2.45, 2.75) is 58.4 Å². The fourth-order valence-electron chi connectivity index (χ4n) is 3.28. The minimum Gasteiger partial charge on any atom is -0.387 e. The summed E-state index contributed by atoms with van der Waals surface area (Å²) in [5.41, 5.74) is -0.0646. The maximum absolute atomic E-state index is 14.5. The van der Waals surface area contributed by atoms with Gasteiger partial charge in [0.2, 0.25) is 0 Å². The maximum Gasteiger partial charge on any atom is 0.255 e. The molecular formula is C21H28FN7O2. The number of nitrogens with one attached hydrogen (secondary N) is 2. The average Bonchev–Trinajstić information content (AvgIpc) is 3.20. The van der Waals surface area contributed by atoms with Gasteiger partial charge in [-0.05, 0) is 26.7 Å². The predicted octanol–water partition coefficient (Wildman–Crippen LogP) is 2.65. The van der Waals surface area contributed by atoms with Gasteiger partial charge in [-0.1, -0.05) is 13.8 Å². The second kappa shape index (κ2) is 9.34. The normalized spacial score (nSPS) is 12.9. The summed E-state index contributed by atoms with van der Waals surface area (Å²) < 4.78 is 16.1. The van der Waals surface area contributed by atoms with Crippen molar-refractivity contribution >= 4 is 22.6 Å². The van der Waals surface area contributed by atoms with Crippen molar-refractivity contribution in [3.05, 3.63) is 36.5 Å². The number of rotatable bonds is 9. The van der Waals surface area contributed by atoms with E-state index in [9.17, 15) is 14.3 Å². The Hall–Kier alpha value is -3.14. The molecule has 0 bridgehead atoms. The molecule has 166 valence electrons. The van der Waals surface area contributed by atoms with Crippen LogP contribution >= 0.6 is 0 Å². The minimum absolute atomic E-state index is 0.0395. The number of aromatic nitrogens is 5. The van der Waals surface area contributed by atoms with Gasteiger partial charge in [-0.2, -0.15) is 9.78 Å². The quantitative estimate of drug-likeness (QED) is 0.479. The summed E-state index contributed by atoms with van der Waals surface area (Å²) in [5, 5.41) is 21.2. The van der Waals surface area contributed by atoms with Crippen LogP contribution in [0.4, 0.5) is 10.1 Å². The first-order valence-electron chi connectivity index (χ1n) is 10.3. The number of amides is 1. The van der Waals surface area contributed by atoms with Crippen LogP contribution in [0.15, 0.2) is 31.0 Å². The van der Waals surface area contributed by atoms with Gasteiger partial charge in [0.25, 0.3) is 5.91 Å². The zero-order valence-corrected chi connectivity index (χ0v) is 18.1. The van der Waals surface area contributed by atoms with E-state index in [1.54, 1.807) is 37.0 Å². The molecule has 0 radical (unpaired) electrons. The molecule has 9 nitrogen and oxygen atoms in total. The SMILES string of the molecule is CCC(O)(CC)[C@H](F)CNC(=O)c1cnc(-n2ncc3cncnc32)cc1NC(C)C. The first-order chi connectivity index (χ1) is 14.8. The van der Waals surface area contributed by atoms with Gasteiger partial charge < -0.3 is 15.7 Å². The van der Waals surface area contributed by atoms with Crippen molar-refractivity contribution in [1.82, 2.24) is 30.0 Å². The number of alkyl halides is 1. The molecule has 10 heteroatoms. The largest absolute Gasteiger partial charge is 0.387 e. The van der Waals surface area contributed by atoms with Gasteiger partial charge in [0.15, 0.2) is 11.5 Å². The lowest BCUT2D eigenvalue weighted by Crippen LogP contribution is -2.45. The number of fused-ring (bicyclic) bond motifs is 1. The molecule has 0 aromatic carbocycles. The summed E-state index contributed by atoms with van der Waals surface area (Å²) in [7, 11) is 0. The van der Waals surface area contributed by atoms with E-state index < -0.39 is 17.7 Å². The summed E-state index contributed by atoms with van der Waals surface area (Å²) in [5.74, 6) is -0.00448. The highest BCUT2D eigenvalue weighted by atomic mass is 19.1. The summed E-state index contributed by atoms with van der Waals surface area (Å²) in [6.45, 7) is 7.03. The van der Waals surface area contributed by atoms with Crippen molar-refractivity contribution in [2.75, 3.05) is 11.9 Å². The van der Waals surface area contributed by atoms with Gasteiger partial charge in [-0.25, -0.2) is 19.3 Å². The molecule has 3 heterocycles. The van der Waals surface area contributed by atoms with Crippen LogP contribution in [-0.4, -0.2) is 60.1 Å². The molecule has 3 aromatic heterocycles. The Balaban J connectivity index is 1.87. The molecule has 3 aromatic rings. The lowest BCUT2D eigenvalue weighted by molar-refractivity contribution is -0.0399. The van der Waals surface area contributed by atoms with Gasteiger partial charge in [-0.15, -0.1) is 0 Å². The molecule has 0 saturated heterocycles. The lowest BCUT2D eigenvalue weighted by Gasteiger charge is -2.29. The van der Waals surface area contributed by atoms with E-state index in [0.717, 1.165) is 5.39 Å². The number of carbonyl (C=O) groups is 1. The Kier molecular flexibility index (Phi) is 6.79. The number of hydrogen-bond donors (Lipinski definition) is 3. The van der Waals surface area contributed by atoms with Crippen LogP contribution in [-0.2, 0) is 0 Å². The Morgan fingerprint density at radius 1 is 1.23 bits per heavy atom. The summed E-state index contributed by atoms with van der Waals surface area (Å²) in [4.78, 5) is 25.4. The minimum atomic E-state index is -1.57. The van der Waals surface area contributed by atoms with E-state index in [-0.39, 0.29) is 31.0 Å². The number of halogens is 1. The number of aliphatic hydroxyl groups is 1. The Labute approximate surface area is 180 Å². The summed E-state index contributed by atoms with van der Waals surface area (Å²) >= 11 is 0. The van der Waals surface area contributed by atoms with Crippen LogP contribution in [0.5, 0.6) is 0 Å². The molecule has 31 heavy (non-hydrogen) atoms. The monoisotopic (exact) mass is 429 g/mol. The molecule has 3 N–H and O–H groups in total. The molecule has 0 aliphatic heterocycles. The number of hydrogen-bond acceptors (Lipinski definition) is 7. The van der Waals surface area contributed by atoms with Crippen molar-refractivity contribution in [3.8, 4) is 5.82 Å². The molecule has 1 amide bonds. The molecule has 0 fully saturated rings. The number of nitrogens with zero attached hydrogens (tertiary/aromatic N) is 5. The van der Waals surface area contributed by atoms with Gasteiger partial charge in [0.1, 0.15) is 12.5 Å². The molecule has 0 spiro atoms. The van der Waals surface area contributed by atoms with Crippen molar-refractivity contribution in [3.63, 3.8) is 0 Å². The molecule has 0 saturated carbocycles.